The number of thiazole rings is 1. The molecule has 3 rings (SSSR count). The Kier molecular flexibility index (Phi) is 6.74. The molecule has 0 aliphatic heterocycles. The summed E-state index contributed by atoms with van der Waals surface area (Å²) >= 11 is 2.99. The predicted molar refractivity (Wildman–Crippen MR) is 118 cm³/mol. The number of thioether (sulfide) groups is 1. The first-order valence-corrected chi connectivity index (χ1v) is 12.2. The Balaban J connectivity index is 1.95. The van der Waals surface area contributed by atoms with E-state index in [9.17, 15) is 13.2 Å². The maximum Gasteiger partial charge on any atom is 0.252 e. The van der Waals surface area contributed by atoms with Crippen molar-refractivity contribution in [3.63, 3.8) is 0 Å². The number of carbonyl (C=O) groups is 1. The van der Waals surface area contributed by atoms with Crippen LogP contribution in [0.4, 0.5) is 0 Å². The molecule has 0 saturated carbocycles. The van der Waals surface area contributed by atoms with Crippen LogP contribution in [0.2, 0.25) is 0 Å². The van der Waals surface area contributed by atoms with E-state index in [0.717, 1.165) is 16.8 Å². The van der Waals surface area contributed by atoms with Gasteiger partial charge >= 0.3 is 0 Å². The van der Waals surface area contributed by atoms with Crippen molar-refractivity contribution in [2.75, 3.05) is 5.75 Å². The molecule has 0 atom stereocenters. The van der Waals surface area contributed by atoms with Crippen LogP contribution in [0, 0.1) is 0 Å². The lowest BCUT2D eigenvalue weighted by molar-refractivity contribution is -0.117. The van der Waals surface area contributed by atoms with Gasteiger partial charge in [0.2, 0.25) is 10.0 Å². The minimum atomic E-state index is -3.80. The third kappa shape index (κ3) is 5.24. The van der Waals surface area contributed by atoms with Gasteiger partial charge < -0.3 is 4.57 Å². The van der Waals surface area contributed by atoms with Crippen LogP contribution in [0.15, 0.2) is 69.9 Å². The van der Waals surface area contributed by atoms with Crippen LogP contribution in [-0.4, -0.2) is 24.6 Å². The molecule has 6 nitrogen and oxygen atoms in total. The van der Waals surface area contributed by atoms with E-state index in [1.54, 1.807) is 23.9 Å². The van der Waals surface area contributed by atoms with Gasteiger partial charge in [-0.1, -0.05) is 36.5 Å². The lowest BCUT2D eigenvalue weighted by Crippen LogP contribution is -2.17. The summed E-state index contributed by atoms with van der Waals surface area (Å²) in [6, 6.07) is 12.5. The zero-order valence-electron chi connectivity index (χ0n) is 15.9. The van der Waals surface area contributed by atoms with Crippen LogP contribution in [0.1, 0.15) is 12.5 Å². The number of hydrogen-bond acceptors (Lipinski definition) is 5. The molecule has 1 heterocycles. The first kappa shape index (κ1) is 21.5. The third-order valence-corrected chi connectivity index (χ3v) is 6.95. The highest BCUT2D eigenvalue weighted by Crippen LogP contribution is 2.22. The minimum Gasteiger partial charge on any atom is -0.313 e. The number of fused-ring (bicyclic) bond motifs is 1. The topological polar surface area (TPSA) is 94.5 Å². The van der Waals surface area contributed by atoms with Crippen LogP contribution in [-0.2, 0) is 27.8 Å². The number of rotatable bonds is 7. The Morgan fingerprint density at radius 1 is 1.28 bits per heavy atom. The Labute approximate surface area is 177 Å². The van der Waals surface area contributed by atoms with Gasteiger partial charge in [-0.2, -0.15) is 4.99 Å². The van der Waals surface area contributed by atoms with Gasteiger partial charge in [0.25, 0.3) is 5.91 Å². The number of carbonyl (C=O) groups excluding carboxylic acids is 1. The van der Waals surface area contributed by atoms with Crippen LogP contribution in [0.3, 0.4) is 0 Å². The number of primary sulfonamides is 1. The summed E-state index contributed by atoms with van der Waals surface area (Å²) in [5, 5.41) is 5.22. The van der Waals surface area contributed by atoms with Gasteiger partial charge in [0, 0.05) is 11.4 Å². The second kappa shape index (κ2) is 9.08. The summed E-state index contributed by atoms with van der Waals surface area (Å²) < 4.78 is 25.8. The molecule has 0 bridgehead atoms. The SMILES string of the molecule is C=CCn1c(=NC(=O)Cc2ccc(SCC)cc2)sc2cc(S(N)(=O)=O)ccc21. The first-order valence-electron chi connectivity index (χ1n) is 8.88. The predicted octanol–water partition coefficient (Wildman–Crippen LogP) is 3.32. The number of amides is 1. The quantitative estimate of drug-likeness (QED) is 0.444. The lowest BCUT2D eigenvalue weighted by Gasteiger charge is -2.03. The number of nitrogens with two attached hydrogens (primary N) is 1. The molecule has 0 spiro atoms. The molecule has 0 aliphatic rings. The number of sulfonamides is 1. The summed E-state index contributed by atoms with van der Waals surface area (Å²) in [6.07, 6.45) is 1.90. The van der Waals surface area contributed by atoms with E-state index in [1.165, 1.54) is 28.4 Å². The molecular formula is C20H21N3O3S3. The zero-order chi connectivity index (χ0) is 21.0. The lowest BCUT2D eigenvalue weighted by atomic mass is 10.1. The number of nitrogens with zero attached hydrogens (tertiary/aromatic N) is 2. The van der Waals surface area contributed by atoms with Crippen LogP contribution in [0.5, 0.6) is 0 Å². The number of hydrogen-bond donors (Lipinski definition) is 1. The molecule has 0 radical (unpaired) electrons. The van der Waals surface area contributed by atoms with Gasteiger partial charge in [0.15, 0.2) is 4.80 Å². The summed E-state index contributed by atoms with van der Waals surface area (Å²) in [5.41, 5.74) is 1.67. The molecule has 0 aliphatic carbocycles. The Bertz CT molecular complexity index is 1220. The normalized spacial score (nSPS) is 12.4. The zero-order valence-corrected chi connectivity index (χ0v) is 18.3. The Hall–Kier alpha value is -2.20. The van der Waals surface area contributed by atoms with E-state index in [4.69, 9.17) is 5.14 Å². The van der Waals surface area contributed by atoms with Crippen molar-refractivity contribution < 1.29 is 13.2 Å². The molecule has 0 fully saturated rings. The summed E-state index contributed by atoms with van der Waals surface area (Å²) in [6.45, 7) is 6.29. The Morgan fingerprint density at radius 3 is 2.62 bits per heavy atom. The van der Waals surface area contributed by atoms with Gasteiger partial charge in [0.1, 0.15) is 0 Å². The first-order chi connectivity index (χ1) is 13.8. The molecule has 1 aromatic heterocycles. The van der Waals surface area contributed by atoms with E-state index in [1.807, 2.05) is 28.8 Å². The van der Waals surface area contributed by atoms with E-state index in [2.05, 4.69) is 18.5 Å². The van der Waals surface area contributed by atoms with Crippen molar-refractivity contribution in [1.82, 2.24) is 4.57 Å². The summed E-state index contributed by atoms with van der Waals surface area (Å²) in [7, 11) is -3.80. The van der Waals surface area contributed by atoms with Crippen molar-refractivity contribution in [3.8, 4) is 0 Å². The molecule has 9 heteroatoms. The largest absolute Gasteiger partial charge is 0.313 e. The fourth-order valence-electron chi connectivity index (χ4n) is 2.81. The average Bonchev–Trinajstić information content (AvgIpc) is 2.99. The maximum absolute atomic E-state index is 12.5. The molecule has 2 N–H and O–H groups in total. The van der Waals surface area contributed by atoms with Gasteiger partial charge in [-0.15, -0.1) is 18.3 Å². The van der Waals surface area contributed by atoms with Crippen molar-refractivity contribution in [2.45, 2.75) is 29.7 Å². The number of aromatic nitrogens is 1. The van der Waals surface area contributed by atoms with E-state index in [-0.39, 0.29) is 17.2 Å². The van der Waals surface area contributed by atoms with Gasteiger partial charge in [-0.3, -0.25) is 4.79 Å². The second-order valence-corrected chi connectivity index (χ2v) is 10.1. The van der Waals surface area contributed by atoms with Crippen molar-refractivity contribution in [2.24, 2.45) is 10.1 Å². The van der Waals surface area contributed by atoms with Gasteiger partial charge in [-0.25, -0.2) is 13.6 Å². The van der Waals surface area contributed by atoms with Crippen molar-refractivity contribution in [3.05, 3.63) is 65.5 Å². The van der Waals surface area contributed by atoms with Crippen molar-refractivity contribution in [1.29, 1.82) is 0 Å². The fourth-order valence-corrected chi connectivity index (χ4v) is 5.18. The number of allylic oxidation sites excluding steroid dienone is 1. The highest BCUT2D eigenvalue weighted by Gasteiger charge is 2.13. The van der Waals surface area contributed by atoms with E-state index >= 15 is 0 Å². The molecule has 0 saturated heterocycles. The standard InChI is InChI=1S/C20H21N3O3S3/c1-3-11-23-17-10-9-16(29(21,25)26)13-18(17)28-20(23)22-19(24)12-14-5-7-15(8-6-14)27-4-2/h3,5-10,13H,1,4,11-12H2,2H3,(H2,21,25,26). The van der Waals surface area contributed by atoms with Crippen LogP contribution < -0.4 is 9.94 Å². The van der Waals surface area contributed by atoms with Gasteiger partial charge in [-0.05, 0) is 41.6 Å². The monoisotopic (exact) mass is 447 g/mol. The maximum atomic E-state index is 12.5. The minimum absolute atomic E-state index is 0.0277. The molecule has 3 aromatic rings. The van der Waals surface area contributed by atoms with E-state index in [0.29, 0.717) is 16.0 Å². The molecule has 1 amide bonds. The number of benzene rings is 2. The smallest absolute Gasteiger partial charge is 0.252 e. The molecular weight excluding hydrogens is 426 g/mol. The highest BCUT2D eigenvalue weighted by atomic mass is 32.2. The molecule has 29 heavy (non-hydrogen) atoms. The summed E-state index contributed by atoms with van der Waals surface area (Å²) in [4.78, 5) is 18.5. The highest BCUT2D eigenvalue weighted by molar-refractivity contribution is 7.99. The summed E-state index contributed by atoms with van der Waals surface area (Å²) in [5.74, 6) is 0.729. The fraction of sp³-hybridized carbons (Fsp3) is 0.200. The van der Waals surface area contributed by atoms with Crippen LogP contribution >= 0.6 is 23.1 Å². The third-order valence-electron chi connectivity index (χ3n) is 4.10. The average molecular weight is 448 g/mol. The second-order valence-electron chi connectivity index (χ2n) is 6.22. The Morgan fingerprint density at radius 2 is 2.00 bits per heavy atom. The molecule has 0 unspecified atom stereocenters. The van der Waals surface area contributed by atoms with Crippen molar-refractivity contribution >= 4 is 49.2 Å². The molecule has 152 valence electrons. The molecule has 2 aromatic carbocycles. The van der Waals surface area contributed by atoms with E-state index < -0.39 is 10.0 Å². The van der Waals surface area contributed by atoms with Gasteiger partial charge in [0.05, 0.1) is 21.5 Å². The van der Waals surface area contributed by atoms with Crippen LogP contribution in [0.25, 0.3) is 10.2 Å².